The average molecular weight is 470 g/mol. The first-order valence-corrected chi connectivity index (χ1v) is 11.5. The molecule has 3 aromatic rings. The Bertz CT molecular complexity index is 1270. The molecule has 0 aliphatic rings. The van der Waals surface area contributed by atoms with E-state index in [1.54, 1.807) is 0 Å². The fourth-order valence-electron chi connectivity index (χ4n) is 3.23. The zero-order valence-corrected chi connectivity index (χ0v) is 19.2. The number of likely N-dealkylation sites (N-methyl/N-ethyl adjacent to an activating group) is 1. The van der Waals surface area contributed by atoms with Crippen LogP contribution in [0.1, 0.15) is 21.5 Å². The number of nitrogens with one attached hydrogen (secondary N) is 2. The van der Waals surface area contributed by atoms with Crippen LogP contribution in [0.5, 0.6) is 0 Å². The minimum atomic E-state index is -4.00. The summed E-state index contributed by atoms with van der Waals surface area (Å²) in [6.45, 7) is 3.55. The molecule has 0 atom stereocenters. The molecule has 3 rings (SSSR count). The van der Waals surface area contributed by atoms with Crippen molar-refractivity contribution in [1.29, 1.82) is 0 Å². The Kier molecular flexibility index (Phi) is 7.13. The third-order valence-electron chi connectivity index (χ3n) is 4.96. The second-order valence-corrected chi connectivity index (χ2v) is 9.30. The van der Waals surface area contributed by atoms with Crippen molar-refractivity contribution in [2.24, 2.45) is 0 Å². The summed E-state index contributed by atoms with van der Waals surface area (Å²) in [5.74, 6) is -1.37. The lowest BCUT2D eigenvalue weighted by Gasteiger charge is -2.18. The minimum absolute atomic E-state index is 0.111. The van der Waals surface area contributed by atoms with Crippen LogP contribution in [0, 0.1) is 19.7 Å². The lowest BCUT2D eigenvalue weighted by molar-refractivity contribution is -0.116. The Morgan fingerprint density at radius 3 is 2.18 bits per heavy atom. The Balaban J connectivity index is 1.71. The molecule has 2 amide bonds. The standard InChI is InChI=1S/C24H24FN3O4S/c1-16-6-4-7-17(2)23(16)26-22(29)15-28(3)24(30)18-8-5-9-21(14-18)33(31,32)27-20-12-10-19(25)11-13-20/h4-14,27H,15H2,1-3H3,(H,26,29). The summed E-state index contributed by atoms with van der Waals surface area (Å²) in [5, 5.41) is 2.82. The van der Waals surface area contributed by atoms with Gasteiger partial charge in [-0.05, 0) is 67.4 Å². The SMILES string of the molecule is Cc1cccc(C)c1NC(=O)CN(C)C(=O)c1cccc(S(=O)(=O)Nc2ccc(F)cc2)c1. The molecule has 0 saturated carbocycles. The van der Waals surface area contributed by atoms with Gasteiger partial charge >= 0.3 is 0 Å². The van der Waals surface area contributed by atoms with Crippen molar-refractivity contribution in [1.82, 2.24) is 4.90 Å². The van der Waals surface area contributed by atoms with Crippen LogP contribution in [0.4, 0.5) is 15.8 Å². The number of para-hydroxylation sites is 1. The Morgan fingerprint density at radius 1 is 0.939 bits per heavy atom. The van der Waals surface area contributed by atoms with Crippen LogP contribution < -0.4 is 10.0 Å². The molecular formula is C24H24FN3O4S. The molecule has 2 N–H and O–H groups in total. The van der Waals surface area contributed by atoms with E-state index < -0.39 is 21.7 Å². The second kappa shape index (κ2) is 9.83. The summed E-state index contributed by atoms with van der Waals surface area (Å²) < 4.78 is 40.8. The van der Waals surface area contributed by atoms with Crippen molar-refractivity contribution in [2.45, 2.75) is 18.7 Å². The number of carbonyl (C=O) groups excluding carboxylic acids is 2. The maximum absolute atomic E-state index is 13.1. The predicted molar refractivity (Wildman–Crippen MR) is 125 cm³/mol. The first kappa shape index (κ1) is 23.9. The van der Waals surface area contributed by atoms with Gasteiger partial charge < -0.3 is 10.2 Å². The van der Waals surface area contributed by atoms with Crippen LogP contribution in [0.2, 0.25) is 0 Å². The van der Waals surface area contributed by atoms with E-state index in [9.17, 15) is 22.4 Å². The first-order valence-electron chi connectivity index (χ1n) is 10.1. The molecule has 172 valence electrons. The zero-order chi connectivity index (χ0) is 24.2. The van der Waals surface area contributed by atoms with Crippen LogP contribution in [0.25, 0.3) is 0 Å². The number of carbonyl (C=O) groups is 2. The molecule has 0 spiro atoms. The summed E-state index contributed by atoms with van der Waals surface area (Å²) in [6.07, 6.45) is 0. The van der Waals surface area contributed by atoms with Gasteiger partial charge in [0.2, 0.25) is 5.91 Å². The number of anilines is 2. The van der Waals surface area contributed by atoms with E-state index in [0.717, 1.165) is 23.3 Å². The smallest absolute Gasteiger partial charge is 0.261 e. The highest BCUT2D eigenvalue weighted by Crippen LogP contribution is 2.20. The van der Waals surface area contributed by atoms with Gasteiger partial charge in [0.05, 0.1) is 11.4 Å². The molecular weight excluding hydrogens is 445 g/mol. The molecule has 9 heteroatoms. The molecule has 0 aromatic heterocycles. The number of halogens is 1. The number of rotatable bonds is 7. The van der Waals surface area contributed by atoms with Gasteiger partial charge in [0, 0.05) is 24.0 Å². The lowest BCUT2D eigenvalue weighted by atomic mass is 10.1. The summed E-state index contributed by atoms with van der Waals surface area (Å²) in [7, 11) is -2.54. The molecule has 0 heterocycles. The highest BCUT2D eigenvalue weighted by Gasteiger charge is 2.20. The average Bonchev–Trinajstić information content (AvgIpc) is 2.77. The highest BCUT2D eigenvalue weighted by molar-refractivity contribution is 7.92. The van der Waals surface area contributed by atoms with Gasteiger partial charge in [-0.15, -0.1) is 0 Å². The van der Waals surface area contributed by atoms with Gasteiger partial charge in [0.15, 0.2) is 0 Å². The minimum Gasteiger partial charge on any atom is -0.332 e. The number of benzene rings is 3. The van der Waals surface area contributed by atoms with Crippen LogP contribution in [-0.2, 0) is 14.8 Å². The van der Waals surface area contributed by atoms with Crippen molar-refractivity contribution in [2.75, 3.05) is 23.6 Å². The molecule has 0 fully saturated rings. The Morgan fingerprint density at radius 2 is 1.55 bits per heavy atom. The van der Waals surface area contributed by atoms with Crippen molar-refractivity contribution in [3.63, 3.8) is 0 Å². The molecule has 7 nitrogen and oxygen atoms in total. The van der Waals surface area contributed by atoms with Gasteiger partial charge in [-0.2, -0.15) is 0 Å². The monoisotopic (exact) mass is 469 g/mol. The quantitative estimate of drug-likeness (QED) is 0.548. The summed E-state index contributed by atoms with van der Waals surface area (Å²) in [4.78, 5) is 26.4. The van der Waals surface area contributed by atoms with Crippen molar-refractivity contribution >= 4 is 33.2 Å². The Labute approximate surface area is 192 Å². The van der Waals surface area contributed by atoms with Crippen molar-refractivity contribution < 1.29 is 22.4 Å². The molecule has 0 aliphatic heterocycles. The van der Waals surface area contributed by atoms with E-state index in [2.05, 4.69) is 10.0 Å². The lowest BCUT2D eigenvalue weighted by Crippen LogP contribution is -2.35. The van der Waals surface area contributed by atoms with Gasteiger partial charge in [0.1, 0.15) is 5.82 Å². The molecule has 33 heavy (non-hydrogen) atoms. The van der Waals surface area contributed by atoms with E-state index in [1.807, 2.05) is 32.0 Å². The van der Waals surface area contributed by atoms with E-state index in [0.29, 0.717) is 5.69 Å². The molecule has 0 saturated heterocycles. The van der Waals surface area contributed by atoms with Gasteiger partial charge in [-0.1, -0.05) is 24.3 Å². The summed E-state index contributed by atoms with van der Waals surface area (Å²) >= 11 is 0. The predicted octanol–water partition coefficient (Wildman–Crippen LogP) is 3.95. The third-order valence-corrected chi connectivity index (χ3v) is 6.34. The van der Waals surface area contributed by atoms with E-state index in [4.69, 9.17) is 0 Å². The fraction of sp³-hybridized carbons (Fsp3) is 0.167. The number of hydrogen-bond donors (Lipinski definition) is 2. The van der Waals surface area contributed by atoms with E-state index in [-0.39, 0.29) is 28.6 Å². The first-order chi connectivity index (χ1) is 15.6. The van der Waals surface area contributed by atoms with Gasteiger partial charge in [-0.3, -0.25) is 14.3 Å². The normalized spacial score (nSPS) is 11.0. The number of nitrogens with zero attached hydrogens (tertiary/aromatic N) is 1. The van der Waals surface area contributed by atoms with Gasteiger partial charge in [-0.25, -0.2) is 12.8 Å². The van der Waals surface area contributed by atoms with E-state index in [1.165, 1.54) is 48.3 Å². The maximum Gasteiger partial charge on any atom is 0.261 e. The largest absolute Gasteiger partial charge is 0.332 e. The number of hydrogen-bond acceptors (Lipinski definition) is 4. The third kappa shape index (κ3) is 5.95. The zero-order valence-electron chi connectivity index (χ0n) is 18.4. The number of amides is 2. The molecule has 0 bridgehead atoms. The molecule has 0 aliphatic carbocycles. The van der Waals surface area contributed by atoms with Crippen LogP contribution in [-0.4, -0.2) is 38.7 Å². The van der Waals surface area contributed by atoms with Crippen molar-refractivity contribution in [3.05, 3.63) is 89.2 Å². The van der Waals surface area contributed by atoms with Crippen LogP contribution >= 0.6 is 0 Å². The summed E-state index contributed by atoms with van der Waals surface area (Å²) in [6, 6.07) is 16.0. The molecule has 0 radical (unpaired) electrons. The number of sulfonamides is 1. The van der Waals surface area contributed by atoms with Gasteiger partial charge in [0.25, 0.3) is 15.9 Å². The highest BCUT2D eigenvalue weighted by atomic mass is 32.2. The number of aryl methyl sites for hydroxylation is 2. The summed E-state index contributed by atoms with van der Waals surface area (Å²) in [5.41, 5.74) is 2.81. The van der Waals surface area contributed by atoms with Crippen molar-refractivity contribution in [3.8, 4) is 0 Å². The molecule has 3 aromatic carbocycles. The maximum atomic E-state index is 13.1. The van der Waals surface area contributed by atoms with E-state index >= 15 is 0 Å². The fourth-order valence-corrected chi connectivity index (χ4v) is 4.33. The van der Waals surface area contributed by atoms with Crippen LogP contribution in [0.15, 0.2) is 71.6 Å². The Hall–Kier alpha value is -3.72. The topological polar surface area (TPSA) is 95.6 Å². The van der Waals surface area contributed by atoms with Crippen LogP contribution in [0.3, 0.4) is 0 Å². The molecule has 0 unspecified atom stereocenters. The second-order valence-electron chi connectivity index (χ2n) is 7.62.